The van der Waals surface area contributed by atoms with Crippen molar-refractivity contribution in [3.05, 3.63) is 29.8 Å². The summed E-state index contributed by atoms with van der Waals surface area (Å²) in [5.41, 5.74) is 6.14. The second-order valence-corrected chi connectivity index (χ2v) is 6.69. The topological polar surface area (TPSA) is 72.2 Å². The monoisotopic (exact) mass is 340 g/mol. The lowest BCUT2D eigenvalue weighted by atomic mass is 10.1. The molecule has 0 saturated heterocycles. The van der Waals surface area contributed by atoms with Crippen LogP contribution in [-0.2, 0) is 16.4 Å². The summed E-state index contributed by atoms with van der Waals surface area (Å²) in [4.78, 5) is 0.275. The van der Waals surface area contributed by atoms with Crippen LogP contribution in [0.25, 0.3) is 0 Å². The fourth-order valence-corrected chi connectivity index (χ4v) is 2.81. The predicted molar refractivity (Wildman–Crippen MR) is 77.4 cm³/mol. The number of hydrogen-bond acceptors (Lipinski definition) is 3. The van der Waals surface area contributed by atoms with E-state index in [0.29, 0.717) is 6.42 Å². The average Bonchev–Trinajstić information content (AvgIpc) is 2.33. The Morgan fingerprint density at radius 2 is 1.81 bits per heavy atom. The molecule has 0 atom stereocenters. The maximum absolute atomic E-state index is 11.9. The van der Waals surface area contributed by atoms with Crippen LogP contribution in [0.2, 0.25) is 0 Å². The highest BCUT2D eigenvalue weighted by Gasteiger charge is 2.26. The number of benzene rings is 1. The lowest BCUT2D eigenvalue weighted by Crippen LogP contribution is -2.26. The first-order valence-electron chi connectivity index (χ1n) is 6.04. The van der Waals surface area contributed by atoms with Crippen LogP contribution in [-0.4, -0.2) is 26.1 Å². The molecule has 0 aliphatic rings. The van der Waals surface area contributed by atoms with Crippen LogP contribution in [0.5, 0.6) is 0 Å². The van der Waals surface area contributed by atoms with E-state index in [9.17, 15) is 21.6 Å². The van der Waals surface area contributed by atoms with Crippen LogP contribution in [0.4, 0.5) is 13.2 Å². The molecule has 1 aromatic carbocycles. The van der Waals surface area contributed by atoms with Crippen LogP contribution < -0.4 is 10.5 Å². The van der Waals surface area contributed by atoms with Gasteiger partial charge in [0.15, 0.2) is 0 Å². The maximum atomic E-state index is 11.9. The van der Waals surface area contributed by atoms with E-state index < -0.39 is 22.6 Å². The molecule has 0 radical (unpaired) electrons. The Hall–Kier alpha value is -1.19. The highest BCUT2D eigenvalue weighted by molar-refractivity contribution is 7.89. The van der Waals surface area contributed by atoms with E-state index in [2.05, 4.69) is 4.72 Å². The summed E-state index contributed by atoms with van der Waals surface area (Å²) < 4.78 is 61.7. The minimum Gasteiger partial charge on any atom is -0.393 e. The predicted octanol–water partition coefficient (Wildman–Crippen LogP) is 2.14. The van der Waals surface area contributed by atoms with Crippen molar-refractivity contribution in [3.63, 3.8) is 0 Å². The number of hydrogen-bond donors (Lipinski definition) is 2. The van der Waals surface area contributed by atoms with Crippen molar-refractivity contribution in [1.29, 1.82) is 0 Å². The van der Waals surface area contributed by atoms with Gasteiger partial charge in [-0.05, 0) is 24.1 Å². The van der Waals surface area contributed by atoms with Crippen molar-refractivity contribution in [2.45, 2.75) is 30.3 Å². The SMILES string of the molecule is NC(=S)Cc1ccc(S(=O)(=O)NCCCC(F)(F)F)cc1. The zero-order chi connectivity index (χ0) is 16.1. The number of rotatable bonds is 7. The van der Waals surface area contributed by atoms with E-state index in [-0.39, 0.29) is 22.8 Å². The molecule has 0 aliphatic heterocycles. The van der Waals surface area contributed by atoms with Gasteiger partial charge in [-0.25, -0.2) is 13.1 Å². The Balaban J connectivity index is 2.60. The summed E-state index contributed by atoms with van der Waals surface area (Å²) in [6.07, 6.45) is -5.26. The van der Waals surface area contributed by atoms with Crippen molar-refractivity contribution in [1.82, 2.24) is 4.72 Å². The molecule has 4 nitrogen and oxygen atoms in total. The van der Waals surface area contributed by atoms with Crippen molar-refractivity contribution in [3.8, 4) is 0 Å². The molecule has 3 N–H and O–H groups in total. The van der Waals surface area contributed by atoms with Crippen LogP contribution in [0.15, 0.2) is 29.2 Å². The molecule has 0 bridgehead atoms. The van der Waals surface area contributed by atoms with E-state index >= 15 is 0 Å². The standard InChI is InChI=1S/C12H15F3N2O2S2/c13-12(14,15)6-1-7-17-21(18,19)10-4-2-9(3-5-10)8-11(16)20/h2-5,17H,1,6-8H2,(H2,16,20). The van der Waals surface area contributed by atoms with E-state index in [1.807, 2.05) is 0 Å². The van der Waals surface area contributed by atoms with Crippen molar-refractivity contribution >= 4 is 27.2 Å². The van der Waals surface area contributed by atoms with Crippen LogP contribution in [0, 0.1) is 0 Å². The van der Waals surface area contributed by atoms with Gasteiger partial charge in [0.1, 0.15) is 0 Å². The normalized spacial score (nSPS) is 12.3. The first-order valence-corrected chi connectivity index (χ1v) is 7.93. The Morgan fingerprint density at radius 3 is 2.29 bits per heavy atom. The third-order valence-corrected chi connectivity index (χ3v) is 4.16. The molecule has 0 aliphatic carbocycles. The number of alkyl halides is 3. The first-order chi connectivity index (χ1) is 9.60. The summed E-state index contributed by atoms with van der Waals surface area (Å²) in [5.74, 6) is 0. The molecule has 0 amide bonds. The number of sulfonamides is 1. The molecule has 0 unspecified atom stereocenters. The molecular weight excluding hydrogens is 325 g/mol. The number of thiocarbonyl (C=S) groups is 1. The van der Waals surface area contributed by atoms with E-state index in [0.717, 1.165) is 5.56 Å². The zero-order valence-electron chi connectivity index (χ0n) is 11.0. The quantitative estimate of drug-likeness (QED) is 0.589. The number of halogens is 3. The maximum Gasteiger partial charge on any atom is 0.389 e. The molecule has 0 spiro atoms. The third-order valence-electron chi connectivity index (χ3n) is 2.54. The second kappa shape index (κ2) is 7.19. The Bertz CT molecular complexity index is 584. The van der Waals surface area contributed by atoms with Gasteiger partial charge in [0.05, 0.1) is 9.88 Å². The molecule has 9 heteroatoms. The highest BCUT2D eigenvalue weighted by atomic mass is 32.2. The van der Waals surface area contributed by atoms with Gasteiger partial charge in [-0.15, -0.1) is 0 Å². The Labute approximate surface area is 126 Å². The third kappa shape index (κ3) is 6.87. The Kier molecular flexibility index (Phi) is 6.11. The van der Waals surface area contributed by atoms with Crippen LogP contribution in [0.3, 0.4) is 0 Å². The fraction of sp³-hybridized carbons (Fsp3) is 0.417. The number of nitrogens with two attached hydrogens (primary N) is 1. The van der Waals surface area contributed by atoms with Gasteiger partial charge >= 0.3 is 6.18 Å². The van der Waals surface area contributed by atoms with Crippen molar-refractivity contribution < 1.29 is 21.6 Å². The molecular formula is C12H15F3N2O2S2. The second-order valence-electron chi connectivity index (χ2n) is 4.40. The fourth-order valence-electron chi connectivity index (χ4n) is 1.57. The van der Waals surface area contributed by atoms with Gasteiger partial charge in [-0.2, -0.15) is 13.2 Å². The van der Waals surface area contributed by atoms with Gasteiger partial charge in [-0.3, -0.25) is 0 Å². The smallest absolute Gasteiger partial charge is 0.389 e. The van der Waals surface area contributed by atoms with Gasteiger partial charge < -0.3 is 5.73 Å². The van der Waals surface area contributed by atoms with E-state index in [4.69, 9.17) is 18.0 Å². The minimum absolute atomic E-state index is 0.0128. The van der Waals surface area contributed by atoms with Crippen molar-refractivity contribution in [2.75, 3.05) is 6.54 Å². The van der Waals surface area contributed by atoms with Crippen LogP contribution >= 0.6 is 12.2 Å². The van der Waals surface area contributed by atoms with E-state index in [1.165, 1.54) is 12.1 Å². The summed E-state index contributed by atoms with van der Waals surface area (Å²) in [7, 11) is -3.80. The van der Waals surface area contributed by atoms with Gasteiger partial charge in [0.2, 0.25) is 10.0 Å². The zero-order valence-corrected chi connectivity index (χ0v) is 12.6. The summed E-state index contributed by atoms with van der Waals surface area (Å²) in [5, 5.41) is 0. The lowest BCUT2D eigenvalue weighted by Gasteiger charge is -2.09. The Morgan fingerprint density at radius 1 is 1.24 bits per heavy atom. The first kappa shape index (κ1) is 17.9. The largest absolute Gasteiger partial charge is 0.393 e. The van der Waals surface area contributed by atoms with Crippen LogP contribution in [0.1, 0.15) is 18.4 Å². The summed E-state index contributed by atoms with van der Waals surface area (Å²) >= 11 is 4.74. The average molecular weight is 340 g/mol. The molecule has 0 aromatic heterocycles. The summed E-state index contributed by atoms with van der Waals surface area (Å²) in [6.45, 7) is -0.267. The van der Waals surface area contributed by atoms with Crippen molar-refractivity contribution in [2.24, 2.45) is 5.73 Å². The molecule has 1 aromatic rings. The highest BCUT2D eigenvalue weighted by Crippen LogP contribution is 2.21. The molecule has 0 saturated carbocycles. The van der Waals surface area contributed by atoms with Gasteiger partial charge in [-0.1, -0.05) is 24.4 Å². The number of nitrogens with one attached hydrogen (secondary N) is 1. The molecule has 1 rings (SSSR count). The molecule has 0 heterocycles. The van der Waals surface area contributed by atoms with E-state index in [1.54, 1.807) is 12.1 Å². The minimum atomic E-state index is -4.28. The lowest BCUT2D eigenvalue weighted by molar-refractivity contribution is -0.135. The molecule has 118 valence electrons. The molecule has 0 fully saturated rings. The summed E-state index contributed by atoms with van der Waals surface area (Å²) in [6, 6.07) is 5.84. The van der Waals surface area contributed by atoms with Gasteiger partial charge in [0, 0.05) is 19.4 Å². The van der Waals surface area contributed by atoms with Gasteiger partial charge in [0.25, 0.3) is 0 Å². The molecule has 21 heavy (non-hydrogen) atoms.